The summed E-state index contributed by atoms with van der Waals surface area (Å²) in [7, 11) is 0. The van der Waals surface area contributed by atoms with E-state index in [0.29, 0.717) is 43.8 Å². The first-order chi connectivity index (χ1) is 14.1. The highest BCUT2D eigenvalue weighted by molar-refractivity contribution is 5.98. The van der Waals surface area contributed by atoms with Crippen molar-refractivity contribution in [2.75, 3.05) is 31.6 Å². The minimum absolute atomic E-state index is 0.0961. The number of urea groups is 1. The zero-order chi connectivity index (χ0) is 20.4. The van der Waals surface area contributed by atoms with Gasteiger partial charge in [-0.3, -0.25) is 4.79 Å². The average molecular weight is 397 g/mol. The number of halogens is 1. The van der Waals surface area contributed by atoms with Crippen molar-refractivity contribution in [2.45, 2.75) is 25.9 Å². The van der Waals surface area contributed by atoms with Crippen LogP contribution in [-0.2, 0) is 17.6 Å². The molecule has 2 aromatic carbocycles. The van der Waals surface area contributed by atoms with Gasteiger partial charge in [0.15, 0.2) is 5.82 Å². The zero-order valence-corrected chi connectivity index (χ0v) is 16.3. The Kier molecular flexibility index (Phi) is 5.49. The molecule has 2 aromatic rings. The van der Waals surface area contributed by atoms with E-state index in [-0.39, 0.29) is 23.7 Å². The van der Waals surface area contributed by atoms with Crippen molar-refractivity contribution in [1.29, 1.82) is 0 Å². The molecule has 0 radical (unpaired) electrons. The molecule has 6 nitrogen and oxygen atoms in total. The number of anilines is 1. The molecule has 0 spiro atoms. The lowest BCUT2D eigenvalue weighted by Crippen LogP contribution is -2.44. The lowest BCUT2D eigenvalue weighted by Gasteiger charge is -2.33. The molecule has 1 saturated heterocycles. The van der Waals surface area contributed by atoms with E-state index in [0.717, 1.165) is 12.0 Å². The number of carbonyl (C=O) groups excluding carboxylic acids is 2. The van der Waals surface area contributed by atoms with Crippen LogP contribution in [0.3, 0.4) is 0 Å². The minimum Gasteiger partial charge on any atom is -0.370 e. The second-order valence-corrected chi connectivity index (χ2v) is 7.29. The number of rotatable bonds is 3. The summed E-state index contributed by atoms with van der Waals surface area (Å²) in [6, 6.07) is 10.8. The van der Waals surface area contributed by atoms with Crippen LogP contribution in [0.5, 0.6) is 0 Å². The summed E-state index contributed by atoms with van der Waals surface area (Å²) >= 11 is 0. The number of aryl methyl sites for hydroxylation is 1. The molecule has 0 bridgehead atoms. The van der Waals surface area contributed by atoms with Crippen molar-refractivity contribution in [3.63, 3.8) is 0 Å². The summed E-state index contributed by atoms with van der Waals surface area (Å²) in [5.74, 6) is -0.821. The first-order valence-corrected chi connectivity index (χ1v) is 9.92. The molecule has 1 unspecified atom stereocenters. The Morgan fingerprint density at radius 1 is 1.28 bits per heavy atom. The van der Waals surface area contributed by atoms with Crippen molar-refractivity contribution in [2.24, 2.45) is 0 Å². The molecule has 2 aliphatic rings. The molecular formula is C22H24FN3O3. The van der Waals surface area contributed by atoms with E-state index in [1.165, 1.54) is 11.6 Å². The molecule has 29 heavy (non-hydrogen) atoms. The monoisotopic (exact) mass is 397 g/mol. The van der Waals surface area contributed by atoms with Gasteiger partial charge in [0.05, 0.1) is 18.8 Å². The van der Waals surface area contributed by atoms with E-state index in [4.69, 9.17) is 4.74 Å². The molecule has 7 heteroatoms. The van der Waals surface area contributed by atoms with Crippen molar-refractivity contribution in [3.8, 4) is 0 Å². The van der Waals surface area contributed by atoms with E-state index < -0.39 is 5.82 Å². The van der Waals surface area contributed by atoms with Crippen LogP contribution in [0.4, 0.5) is 14.9 Å². The number of fused-ring (bicyclic) bond motifs is 1. The van der Waals surface area contributed by atoms with Gasteiger partial charge in [-0.05, 0) is 36.1 Å². The van der Waals surface area contributed by atoms with Gasteiger partial charge in [-0.2, -0.15) is 0 Å². The number of nitrogens with zero attached hydrogens (tertiary/aromatic N) is 1. The average Bonchev–Trinajstić information content (AvgIpc) is 2.76. The van der Waals surface area contributed by atoms with Crippen LogP contribution in [0.15, 0.2) is 36.4 Å². The second-order valence-electron chi connectivity index (χ2n) is 7.29. The minimum atomic E-state index is -0.536. The molecular weight excluding hydrogens is 373 g/mol. The molecule has 2 heterocycles. The van der Waals surface area contributed by atoms with Crippen molar-refractivity contribution < 1.29 is 18.7 Å². The number of nitrogens with one attached hydrogen (secondary N) is 2. The fourth-order valence-electron chi connectivity index (χ4n) is 3.77. The van der Waals surface area contributed by atoms with E-state index in [9.17, 15) is 14.0 Å². The van der Waals surface area contributed by atoms with Crippen LogP contribution >= 0.6 is 0 Å². The second kappa shape index (κ2) is 8.21. The van der Waals surface area contributed by atoms with E-state index in [2.05, 4.69) is 29.7 Å². The van der Waals surface area contributed by atoms with Crippen LogP contribution < -0.4 is 10.6 Å². The first kappa shape index (κ1) is 19.4. The highest BCUT2D eigenvalue weighted by atomic mass is 19.1. The van der Waals surface area contributed by atoms with Crippen LogP contribution in [0.25, 0.3) is 0 Å². The summed E-state index contributed by atoms with van der Waals surface area (Å²) < 4.78 is 20.7. The summed E-state index contributed by atoms with van der Waals surface area (Å²) in [5, 5.41) is 5.35. The highest BCUT2D eigenvalue weighted by Crippen LogP contribution is 2.26. The largest absolute Gasteiger partial charge is 0.370 e. The first-order valence-electron chi connectivity index (χ1n) is 9.92. The molecule has 2 aliphatic heterocycles. The standard InChI is InChI=1S/C22H24FN3O3/c1-2-14-3-5-15(6-4-14)19-13-26(11-12-29-19)22(28)25-18-8-7-17-16(20(18)23)9-10-24-21(17)27/h3-8,19H,2,9-13H2,1H3,(H,24,27)(H,25,28). The summed E-state index contributed by atoms with van der Waals surface area (Å²) in [6.07, 6.45) is 1.16. The molecule has 152 valence electrons. The van der Waals surface area contributed by atoms with Gasteiger partial charge >= 0.3 is 6.03 Å². The van der Waals surface area contributed by atoms with Gasteiger partial charge < -0.3 is 20.3 Å². The third-order valence-corrected chi connectivity index (χ3v) is 5.50. The maximum Gasteiger partial charge on any atom is 0.322 e. The van der Waals surface area contributed by atoms with Crippen LogP contribution in [-0.4, -0.2) is 43.1 Å². The molecule has 1 fully saturated rings. The molecule has 3 amide bonds. The number of hydrogen-bond acceptors (Lipinski definition) is 3. The number of benzene rings is 2. The summed E-state index contributed by atoms with van der Waals surface area (Å²) in [5.41, 5.74) is 3.04. The fourth-order valence-corrected chi connectivity index (χ4v) is 3.77. The van der Waals surface area contributed by atoms with Gasteiger partial charge in [-0.25, -0.2) is 9.18 Å². The van der Waals surface area contributed by atoms with E-state index in [1.54, 1.807) is 11.0 Å². The van der Waals surface area contributed by atoms with Gasteiger partial charge in [0.1, 0.15) is 6.10 Å². The molecule has 0 aromatic heterocycles. The molecule has 0 aliphatic carbocycles. The predicted octanol–water partition coefficient (Wildman–Crippen LogP) is 3.28. The summed E-state index contributed by atoms with van der Waals surface area (Å²) in [4.78, 5) is 26.2. The van der Waals surface area contributed by atoms with Gasteiger partial charge in [-0.15, -0.1) is 0 Å². The van der Waals surface area contributed by atoms with E-state index in [1.807, 2.05) is 12.1 Å². The number of amides is 3. The Bertz CT molecular complexity index is 930. The quantitative estimate of drug-likeness (QED) is 0.835. The van der Waals surface area contributed by atoms with E-state index >= 15 is 0 Å². The maximum absolute atomic E-state index is 14.8. The third-order valence-electron chi connectivity index (χ3n) is 5.50. The molecule has 1 atom stereocenters. The Balaban J connectivity index is 1.46. The van der Waals surface area contributed by atoms with Crippen LogP contribution in [0, 0.1) is 5.82 Å². The normalized spacial score (nSPS) is 18.8. The van der Waals surface area contributed by atoms with Crippen LogP contribution in [0.1, 0.15) is 40.1 Å². The topological polar surface area (TPSA) is 70.7 Å². The molecule has 2 N–H and O–H groups in total. The molecule has 0 saturated carbocycles. The number of hydrogen-bond donors (Lipinski definition) is 2. The Labute approximate surface area is 169 Å². The van der Waals surface area contributed by atoms with Crippen molar-refractivity contribution in [1.82, 2.24) is 10.2 Å². The van der Waals surface area contributed by atoms with Crippen molar-refractivity contribution in [3.05, 3.63) is 64.5 Å². The lowest BCUT2D eigenvalue weighted by molar-refractivity contribution is -0.0135. The Hall–Kier alpha value is -2.93. The van der Waals surface area contributed by atoms with Gasteiger partial charge in [-0.1, -0.05) is 31.2 Å². The van der Waals surface area contributed by atoms with Crippen molar-refractivity contribution >= 4 is 17.6 Å². The third kappa shape index (κ3) is 3.96. The van der Waals surface area contributed by atoms with Crippen LogP contribution in [0.2, 0.25) is 0 Å². The molecule has 4 rings (SSSR count). The zero-order valence-electron chi connectivity index (χ0n) is 16.3. The SMILES string of the molecule is CCc1ccc(C2CN(C(=O)Nc3ccc4c(c3F)CCNC4=O)CCO2)cc1. The Morgan fingerprint density at radius 3 is 2.83 bits per heavy atom. The lowest BCUT2D eigenvalue weighted by atomic mass is 9.99. The van der Waals surface area contributed by atoms with Gasteiger partial charge in [0.25, 0.3) is 5.91 Å². The highest BCUT2D eigenvalue weighted by Gasteiger charge is 2.27. The van der Waals surface area contributed by atoms with Gasteiger partial charge in [0, 0.05) is 24.2 Å². The van der Waals surface area contributed by atoms with Gasteiger partial charge in [0.2, 0.25) is 0 Å². The number of ether oxygens (including phenoxy) is 1. The maximum atomic E-state index is 14.8. The Morgan fingerprint density at radius 2 is 2.07 bits per heavy atom. The fraction of sp³-hybridized carbons (Fsp3) is 0.364. The number of carbonyl (C=O) groups is 2. The number of morpholine rings is 1. The smallest absolute Gasteiger partial charge is 0.322 e. The predicted molar refractivity (Wildman–Crippen MR) is 108 cm³/mol. The summed E-state index contributed by atoms with van der Waals surface area (Å²) in [6.45, 7) is 3.74.